The Hall–Kier alpha value is -2.66. The highest BCUT2D eigenvalue weighted by Crippen LogP contribution is 2.11. The predicted octanol–water partition coefficient (Wildman–Crippen LogP) is 2.12. The monoisotopic (exact) mass is 365 g/mol. The first kappa shape index (κ1) is 19.1. The van der Waals surface area contributed by atoms with Crippen molar-refractivity contribution in [3.63, 3.8) is 0 Å². The van der Waals surface area contributed by atoms with E-state index >= 15 is 0 Å². The Balaban J connectivity index is 1.70. The fourth-order valence-electron chi connectivity index (χ4n) is 3.43. The average molecular weight is 365 g/mol. The fraction of sp³-hybridized carbons (Fsp3) is 0.364. The van der Waals surface area contributed by atoms with E-state index in [4.69, 9.17) is 0 Å². The number of hydrogen-bond acceptors (Lipinski definition) is 3. The van der Waals surface area contributed by atoms with E-state index in [1.807, 2.05) is 60.7 Å². The maximum Gasteiger partial charge on any atom is 0.245 e. The van der Waals surface area contributed by atoms with E-state index in [-0.39, 0.29) is 17.9 Å². The van der Waals surface area contributed by atoms with Crippen LogP contribution in [0.15, 0.2) is 60.7 Å². The topological polar surface area (TPSA) is 61.4 Å². The third-order valence-electron chi connectivity index (χ3n) is 4.91. The normalized spacial score (nSPS) is 17.3. The second-order valence-corrected chi connectivity index (χ2v) is 7.08. The molecule has 2 N–H and O–H groups in total. The lowest BCUT2D eigenvalue weighted by molar-refractivity contribution is -0.136. The molecule has 1 aliphatic rings. The number of nitrogens with zero attached hydrogens (tertiary/aromatic N) is 1. The van der Waals surface area contributed by atoms with Gasteiger partial charge in [-0.05, 0) is 30.5 Å². The minimum absolute atomic E-state index is 0.0750. The molecule has 1 saturated heterocycles. The van der Waals surface area contributed by atoms with Crippen LogP contribution in [0.5, 0.6) is 0 Å². The molecule has 1 fully saturated rings. The molecule has 0 spiro atoms. The maximum atomic E-state index is 13.1. The van der Waals surface area contributed by atoms with E-state index in [9.17, 15) is 9.59 Å². The lowest BCUT2D eigenvalue weighted by Crippen LogP contribution is -2.52. The molecule has 2 aromatic rings. The van der Waals surface area contributed by atoms with E-state index in [2.05, 4.69) is 10.6 Å². The molecular weight excluding hydrogens is 338 g/mol. The predicted molar refractivity (Wildman–Crippen MR) is 106 cm³/mol. The highest BCUT2D eigenvalue weighted by Gasteiger charge is 2.29. The summed E-state index contributed by atoms with van der Waals surface area (Å²) in [5, 5.41) is 6.18. The van der Waals surface area contributed by atoms with Crippen LogP contribution in [-0.4, -0.2) is 42.4 Å². The Kier molecular flexibility index (Phi) is 6.60. The molecule has 2 aromatic carbocycles. The molecule has 0 aromatic heterocycles. The van der Waals surface area contributed by atoms with Crippen LogP contribution in [0.3, 0.4) is 0 Å². The zero-order valence-electron chi connectivity index (χ0n) is 15.7. The number of likely N-dealkylation sites (N-methyl/N-ethyl adjacent to an activating group) is 1. The van der Waals surface area contributed by atoms with Gasteiger partial charge in [-0.3, -0.25) is 9.59 Å². The smallest absolute Gasteiger partial charge is 0.245 e. The first-order valence-corrected chi connectivity index (χ1v) is 9.50. The van der Waals surface area contributed by atoms with Crippen molar-refractivity contribution in [2.24, 2.45) is 0 Å². The van der Waals surface area contributed by atoms with Gasteiger partial charge in [-0.2, -0.15) is 0 Å². The van der Waals surface area contributed by atoms with Crippen LogP contribution in [0.4, 0.5) is 0 Å². The lowest BCUT2D eigenvalue weighted by Gasteiger charge is -2.26. The highest BCUT2D eigenvalue weighted by atomic mass is 16.2. The number of hydrogen-bond donors (Lipinski definition) is 2. The third kappa shape index (κ3) is 5.41. The van der Waals surface area contributed by atoms with Crippen LogP contribution in [0.25, 0.3) is 0 Å². The van der Waals surface area contributed by atoms with Crippen molar-refractivity contribution >= 4 is 11.8 Å². The van der Waals surface area contributed by atoms with Crippen molar-refractivity contribution in [1.29, 1.82) is 0 Å². The number of carbonyl (C=O) groups is 2. The highest BCUT2D eigenvalue weighted by molar-refractivity contribution is 5.90. The van der Waals surface area contributed by atoms with Crippen LogP contribution in [0, 0.1) is 0 Å². The van der Waals surface area contributed by atoms with Crippen molar-refractivity contribution in [2.45, 2.75) is 37.9 Å². The Bertz CT molecular complexity index is 743. The van der Waals surface area contributed by atoms with Gasteiger partial charge in [0.05, 0.1) is 6.04 Å². The van der Waals surface area contributed by atoms with E-state index in [0.29, 0.717) is 13.0 Å². The number of amides is 2. The van der Waals surface area contributed by atoms with Gasteiger partial charge in [0.25, 0.3) is 0 Å². The minimum atomic E-state index is -0.573. The van der Waals surface area contributed by atoms with Gasteiger partial charge in [0, 0.05) is 20.0 Å². The third-order valence-corrected chi connectivity index (χ3v) is 4.91. The van der Waals surface area contributed by atoms with Crippen molar-refractivity contribution in [2.75, 3.05) is 13.6 Å². The molecule has 0 saturated carbocycles. The summed E-state index contributed by atoms with van der Waals surface area (Å²) < 4.78 is 0. The molecule has 0 bridgehead atoms. The van der Waals surface area contributed by atoms with Crippen molar-refractivity contribution < 1.29 is 9.59 Å². The van der Waals surface area contributed by atoms with E-state index < -0.39 is 6.04 Å². The summed E-state index contributed by atoms with van der Waals surface area (Å²) in [5.41, 5.74) is 2.10. The average Bonchev–Trinajstić information content (AvgIpc) is 3.23. The summed E-state index contributed by atoms with van der Waals surface area (Å²) in [5.74, 6) is -0.163. The number of nitrogens with one attached hydrogen (secondary N) is 2. The van der Waals surface area contributed by atoms with Gasteiger partial charge in [0.15, 0.2) is 0 Å². The first-order chi connectivity index (χ1) is 13.1. The molecule has 5 nitrogen and oxygen atoms in total. The van der Waals surface area contributed by atoms with Crippen molar-refractivity contribution in [3.05, 3.63) is 71.8 Å². The molecule has 3 rings (SSSR count). The summed E-state index contributed by atoms with van der Waals surface area (Å²) in [4.78, 5) is 27.4. The molecule has 0 radical (unpaired) electrons. The summed E-state index contributed by atoms with van der Waals surface area (Å²) >= 11 is 0. The summed E-state index contributed by atoms with van der Waals surface area (Å²) in [6.45, 7) is 1.37. The van der Waals surface area contributed by atoms with E-state index in [0.717, 1.165) is 30.5 Å². The molecule has 142 valence electrons. The van der Waals surface area contributed by atoms with Gasteiger partial charge in [-0.1, -0.05) is 60.7 Å². The molecule has 0 aliphatic carbocycles. The molecule has 1 aliphatic heterocycles. The van der Waals surface area contributed by atoms with Gasteiger partial charge in [0.1, 0.15) is 6.04 Å². The second kappa shape index (κ2) is 9.33. The summed E-state index contributed by atoms with van der Waals surface area (Å²) in [7, 11) is 1.79. The first-order valence-electron chi connectivity index (χ1n) is 9.50. The Morgan fingerprint density at radius 2 is 1.70 bits per heavy atom. The molecule has 27 heavy (non-hydrogen) atoms. The van der Waals surface area contributed by atoms with Crippen LogP contribution in [0.1, 0.15) is 24.0 Å². The van der Waals surface area contributed by atoms with E-state index in [1.165, 1.54) is 0 Å². The standard InChI is InChI=1S/C22H27N3O2/c1-25(16-18-11-6-3-7-12-18)22(27)20(15-17-9-4-2-5-10-17)24-21(26)19-13-8-14-23-19/h2-7,9-12,19-20,23H,8,13-16H2,1H3,(H,24,26)/t19-,20+/m0/s1. The zero-order valence-corrected chi connectivity index (χ0v) is 15.7. The largest absolute Gasteiger partial charge is 0.343 e. The van der Waals surface area contributed by atoms with Crippen LogP contribution in [-0.2, 0) is 22.6 Å². The zero-order chi connectivity index (χ0) is 19.1. The van der Waals surface area contributed by atoms with Gasteiger partial charge < -0.3 is 15.5 Å². The maximum absolute atomic E-state index is 13.1. The molecule has 0 unspecified atom stereocenters. The van der Waals surface area contributed by atoms with Crippen LogP contribution < -0.4 is 10.6 Å². The van der Waals surface area contributed by atoms with Gasteiger partial charge >= 0.3 is 0 Å². The molecule has 5 heteroatoms. The quantitative estimate of drug-likeness (QED) is 0.790. The molecule has 2 atom stereocenters. The molecular formula is C22H27N3O2. The second-order valence-electron chi connectivity index (χ2n) is 7.08. The van der Waals surface area contributed by atoms with E-state index in [1.54, 1.807) is 11.9 Å². The van der Waals surface area contributed by atoms with Crippen molar-refractivity contribution in [3.8, 4) is 0 Å². The van der Waals surface area contributed by atoms with Crippen LogP contribution in [0.2, 0.25) is 0 Å². The number of carbonyl (C=O) groups excluding carboxylic acids is 2. The number of benzene rings is 2. The van der Waals surface area contributed by atoms with Crippen LogP contribution >= 0.6 is 0 Å². The van der Waals surface area contributed by atoms with Gasteiger partial charge in [-0.15, -0.1) is 0 Å². The minimum Gasteiger partial charge on any atom is -0.343 e. The fourth-order valence-corrected chi connectivity index (χ4v) is 3.43. The van der Waals surface area contributed by atoms with Gasteiger partial charge in [0.2, 0.25) is 11.8 Å². The number of rotatable bonds is 7. The summed E-state index contributed by atoms with van der Waals surface area (Å²) in [6.07, 6.45) is 2.29. The Labute approximate surface area is 160 Å². The van der Waals surface area contributed by atoms with Crippen molar-refractivity contribution in [1.82, 2.24) is 15.5 Å². The SMILES string of the molecule is CN(Cc1ccccc1)C(=O)[C@@H](Cc1ccccc1)NC(=O)[C@@H]1CCCN1. The Morgan fingerprint density at radius 3 is 2.30 bits per heavy atom. The molecule has 2 amide bonds. The summed E-state index contributed by atoms with van der Waals surface area (Å²) in [6, 6.07) is 18.9. The molecule has 1 heterocycles. The van der Waals surface area contributed by atoms with Gasteiger partial charge in [-0.25, -0.2) is 0 Å². The Morgan fingerprint density at radius 1 is 1.07 bits per heavy atom. The lowest BCUT2D eigenvalue weighted by atomic mass is 10.0.